The first-order valence-electron chi connectivity index (χ1n) is 6.44. The van der Waals surface area contributed by atoms with Crippen molar-refractivity contribution in [3.8, 4) is 0 Å². The highest BCUT2D eigenvalue weighted by molar-refractivity contribution is 8.00. The molecule has 0 heterocycles. The molecule has 1 amide bonds. The fourth-order valence-electron chi connectivity index (χ4n) is 1.74. The highest BCUT2D eigenvalue weighted by Crippen LogP contribution is 2.29. The van der Waals surface area contributed by atoms with Gasteiger partial charge in [-0.25, -0.2) is 0 Å². The van der Waals surface area contributed by atoms with Gasteiger partial charge in [0.25, 0.3) is 0 Å². The monoisotopic (exact) mass is 353 g/mol. The third kappa shape index (κ3) is 4.77. The number of anilines is 1. The molecular weight excluding hydrogens is 341 g/mol. The van der Waals surface area contributed by atoms with Crippen LogP contribution in [0.4, 0.5) is 5.69 Å². The molecule has 0 radical (unpaired) electrons. The van der Waals surface area contributed by atoms with Crippen LogP contribution in [-0.4, -0.2) is 17.4 Å². The molecule has 0 bridgehead atoms. The average molecular weight is 354 g/mol. The number of hydrogen-bond donors (Lipinski definition) is 1. The number of thioether (sulfide) groups is 1. The maximum Gasteiger partial charge on any atom is 0.234 e. The lowest BCUT2D eigenvalue weighted by molar-refractivity contribution is -0.113. The number of hydrogen-bond acceptors (Lipinski definition) is 3. The Balaban J connectivity index is 1.97. The van der Waals surface area contributed by atoms with Gasteiger partial charge in [-0.2, -0.15) is 0 Å². The van der Waals surface area contributed by atoms with Gasteiger partial charge in [-0.15, -0.1) is 11.8 Å². The van der Waals surface area contributed by atoms with Crippen molar-refractivity contribution >= 4 is 52.3 Å². The van der Waals surface area contributed by atoms with Crippen molar-refractivity contribution in [1.29, 1.82) is 0 Å². The maximum atomic E-state index is 12.0. The Morgan fingerprint density at radius 1 is 1.14 bits per heavy atom. The summed E-state index contributed by atoms with van der Waals surface area (Å²) in [6.45, 7) is 1.48. The van der Waals surface area contributed by atoms with Gasteiger partial charge in [0, 0.05) is 21.2 Å². The van der Waals surface area contributed by atoms with Gasteiger partial charge in [-0.05, 0) is 37.3 Å². The third-order valence-electron chi connectivity index (χ3n) is 2.80. The Labute approximate surface area is 143 Å². The molecule has 0 saturated heterocycles. The summed E-state index contributed by atoms with van der Waals surface area (Å²) in [6.07, 6.45) is 0. The smallest absolute Gasteiger partial charge is 0.234 e. The van der Waals surface area contributed by atoms with Gasteiger partial charge < -0.3 is 5.32 Å². The number of nitrogens with one attached hydrogen (secondary N) is 1. The van der Waals surface area contributed by atoms with Crippen LogP contribution in [0.25, 0.3) is 0 Å². The first-order valence-corrected chi connectivity index (χ1v) is 8.18. The Morgan fingerprint density at radius 3 is 2.64 bits per heavy atom. The van der Waals surface area contributed by atoms with Gasteiger partial charge >= 0.3 is 0 Å². The van der Waals surface area contributed by atoms with Crippen molar-refractivity contribution in [3.63, 3.8) is 0 Å². The summed E-state index contributed by atoms with van der Waals surface area (Å²) in [5.74, 6) is -0.0254. The van der Waals surface area contributed by atoms with E-state index >= 15 is 0 Å². The number of carbonyl (C=O) groups is 2. The molecule has 22 heavy (non-hydrogen) atoms. The Morgan fingerprint density at radius 2 is 1.91 bits per heavy atom. The number of Topliss-reactive ketones (excluding diaryl/α,β-unsaturated/α-hetero) is 1. The average Bonchev–Trinajstić information content (AvgIpc) is 2.48. The van der Waals surface area contributed by atoms with E-state index < -0.39 is 0 Å². The van der Waals surface area contributed by atoms with Crippen LogP contribution in [0.1, 0.15) is 17.3 Å². The molecule has 6 heteroatoms. The molecule has 0 aliphatic heterocycles. The molecule has 0 aliphatic carbocycles. The molecule has 0 unspecified atom stereocenters. The van der Waals surface area contributed by atoms with Gasteiger partial charge in [-0.3, -0.25) is 9.59 Å². The van der Waals surface area contributed by atoms with Crippen LogP contribution in [0.3, 0.4) is 0 Å². The quantitative estimate of drug-likeness (QED) is 0.612. The van der Waals surface area contributed by atoms with Gasteiger partial charge in [0.2, 0.25) is 5.91 Å². The fourth-order valence-corrected chi connectivity index (χ4v) is 3.04. The Kier molecular flexibility index (Phi) is 5.89. The van der Waals surface area contributed by atoms with Gasteiger partial charge in [0.1, 0.15) is 0 Å². The molecule has 2 aromatic carbocycles. The number of carbonyl (C=O) groups excluding carboxylic acids is 2. The van der Waals surface area contributed by atoms with Crippen molar-refractivity contribution in [2.75, 3.05) is 11.1 Å². The molecule has 2 aromatic rings. The summed E-state index contributed by atoms with van der Waals surface area (Å²) in [5, 5.41) is 3.88. The van der Waals surface area contributed by atoms with Crippen LogP contribution in [0.15, 0.2) is 47.4 Å². The number of halogens is 2. The fraction of sp³-hybridized carbons (Fsp3) is 0.125. The minimum Gasteiger partial charge on any atom is -0.325 e. The normalized spacial score (nSPS) is 10.3. The van der Waals surface area contributed by atoms with E-state index in [0.29, 0.717) is 21.3 Å². The van der Waals surface area contributed by atoms with Crippen LogP contribution >= 0.6 is 35.0 Å². The van der Waals surface area contributed by atoms with Gasteiger partial charge in [0.15, 0.2) is 5.78 Å². The summed E-state index contributed by atoms with van der Waals surface area (Å²) in [4.78, 5) is 24.0. The number of benzene rings is 2. The minimum absolute atomic E-state index is 0.0452. The first-order chi connectivity index (χ1) is 10.5. The number of amides is 1. The van der Waals surface area contributed by atoms with Crippen molar-refractivity contribution in [1.82, 2.24) is 0 Å². The molecule has 0 spiro atoms. The predicted molar refractivity (Wildman–Crippen MR) is 92.3 cm³/mol. The number of rotatable bonds is 5. The first kappa shape index (κ1) is 16.9. The molecule has 3 nitrogen and oxygen atoms in total. The molecule has 0 aromatic heterocycles. The Hall–Kier alpha value is -1.49. The predicted octanol–water partition coefficient (Wildman–Crippen LogP) is 4.93. The van der Waals surface area contributed by atoms with Crippen molar-refractivity contribution in [2.24, 2.45) is 0 Å². The zero-order valence-electron chi connectivity index (χ0n) is 11.7. The SMILES string of the molecule is CC(=O)c1cccc(NC(=O)CSc2cc(Cl)ccc2Cl)c1. The lowest BCUT2D eigenvalue weighted by atomic mass is 10.1. The number of ketones is 1. The highest BCUT2D eigenvalue weighted by Gasteiger charge is 2.08. The molecule has 0 saturated carbocycles. The van der Waals surface area contributed by atoms with Gasteiger partial charge in [-0.1, -0.05) is 35.3 Å². The largest absolute Gasteiger partial charge is 0.325 e. The van der Waals surface area contributed by atoms with Crippen molar-refractivity contribution < 1.29 is 9.59 Å². The van der Waals surface area contributed by atoms with Crippen LogP contribution in [0.2, 0.25) is 10.0 Å². The standard InChI is InChI=1S/C16H13Cl2NO2S/c1-10(20)11-3-2-4-13(7-11)19-16(21)9-22-15-8-12(17)5-6-14(15)18/h2-8H,9H2,1H3,(H,19,21). The third-order valence-corrected chi connectivity index (χ3v) is 4.54. The van der Waals surface area contributed by atoms with E-state index in [1.807, 2.05) is 0 Å². The zero-order chi connectivity index (χ0) is 16.1. The van der Waals surface area contributed by atoms with Crippen molar-refractivity contribution in [2.45, 2.75) is 11.8 Å². The van der Waals surface area contributed by atoms with E-state index in [4.69, 9.17) is 23.2 Å². The highest BCUT2D eigenvalue weighted by atomic mass is 35.5. The molecule has 0 aliphatic rings. The molecule has 114 valence electrons. The van der Waals surface area contributed by atoms with Gasteiger partial charge in [0.05, 0.1) is 10.8 Å². The van der Waals surface area contributed by atoms with E-state index in [9.17, 15) is 9.59 Å². The lowest BCUT2D eigenvalue weighted by Gasteiger charge is -2.07. The zero-order valence-corrected chi connectivity index (χ0v) is 14.1. The molecular formula is C16H13Cl2NO2S. The summed E-state index contributed by atoms with van der Waals surface area (Å²) in [6, 6.07) is 11.9. The topological polar surface area (TPSA) is 46.2 Å². The Bertz CT molecular complexity index is 719. The summed E-state index contributed by atoms with van der Waals surface area (Å²) in [5.41, 5.74) is 1.15. The lowest BCUT2D eigenvalue weighted by Crippen LogP contribution is -2.14. The van der Waals surface area contributed by atoms with E-state index in [0.717, 1.165) is 4.90 Å². The second kappa shape index (κ2) is 7.68. The second-order valence-electron chi connectivity index (χ2n) is 4.55. The van der Waals surface area contributed by atoms with Crippen molar-refractivity contribution in [3.05, 3.63) is 58.1 Å². The molecule has 0 fully saturated rings. The van der Waals surface area contributed by atoms with E-state index in [1.54, 1.807) is 42.5 Å². The van der Waals surface area contributed by atoms with E-state index in [2.05, 4.69) is 5.32 Å². The van der Waals surface area contributed by atoms with Crippen LogP contribution in [0, 0.1) is 0 Å². The summed E-state index contributed by atoms with van der Waals surface area (Å²) < 4.78 is 0. The molecule has 1 N–H and O–H groups in total. The maximum absolute atomic E-state index is 12.0. The second-order valence-corrected chi connectivity index (χ2v) is 6.41. The van der Waals surface area contributed by atoms with E-state index in [-0.39, 0.29) is 17.4 Å². The molecule has 0 atom stereocenters. The van der Waals surface area contributed by atoms with Crippen LogP contribution in [-0.2, 0) is 4.79 Å². The van der Waals surface area contributed by atoms with E-state index in [1.165, 1.54) is 18.7 Å². The van der Waals surface area contributed by atoms with Crippen LogP contribution < -0.4 is 5.32 Å². The molecule has 2 rings (SSSR count). The van der Waals surface area contributed by atoms with Crippen LogP contribution in [0.5, 0.6) is 0 Å². The summed E-state index contributed by atoms with van der Waals surface area (Å²) in [7, 11) is 0. The minimum atomic E-state index is -0.179. The summed E-state index contributed by atoms with van der Waals surface area (Å²) >= 11 is 13.3.